The molecule has 2 saturated heterocycles. The van der Waals surface area contributed by atoms with Crippen molar-refractivity contribution in [2.24, 2.45) is 44.3 Å². The average Bonchev–Trinajstić information content (AvgIpc) is 3.29. The van der Waals surface area contributed by atoms with E-state index >= 15 is 0 Å². The molecular weight excluding hydrogens is 913 g/mol. The van der Waals surface area contributed by atoms with E-state index in [1.807, 2.05) is 58.1 Å². The molecule has 4 unspecified atom stereocenters. The minimum absolute atomic E-state index is 0. The summed E-state index contributed by atoms with van der Waals surface area (Å²) in [5.41, 5.74) is 5.35. The molecule has 2 N–H and O–H groups in total. The molecule has 4 heterocycles. The van der Waals surface area contributed by atoms with Crippen LogP contribution in [0.15, 0.2) is 53.5 Å². The normalized spacial score (nSPS) is 34.2. The Morgan fingerprint density at radius 3 is 1.60 bits per heavy atom. The van der Waals surface area contributed by atoms with E-state index in [2.05, 4.69) is 48.1 Å². The van der Waals surface area contributed by atoms with Crippen molar-refractivity contribution in [1.29, 1.82) is 0 Å². The fraction of sp³-hybridized carbons (Fsp3) is 0.705. The molecule has 3 aliphatic heterocycles. The third-order valence-corrected chi connectivity index (χ3v) is 19.4. The van der Waals surface area contributed by atoms with Crippen LogP contribution < -0.4 is 16.2 Å². The van der Waals surface area contributed by atoms with Crippen LogP contribution in [0.3, 0.4) is 0 Å². The summed E-state index contributed by atoms with van der Waals surface area (Å²) in [6.07, 6.45) is 21.1. The zero-order valence-electron chi connectivity index (χ0n) is 44.2. The minimum atomic E-state index is 0. The van der Waals surface area contributed by atoms with E-state index in [4.69, 9.17) is 9.47 Å². The number of nitrogens with zero attached hydrogens (tertiary/aromatic N) is 4. The highest BCUT2D eigenvalue weighted by atomic mass is 16.5. The molecule has 8 aliphatic carbocycles. The van der Waals surface area contributed by atoms with Crippen LogP contribution in [-0.4, -0.2) is 116 Å². The van der Waals surface area contributed by atoms with Crippen molar-refractivity contribution >= 4 is 39.9 Å². The van der Waals surface area contributed by atoms with Gasteiger partial charge < -0.3 is 29.6 Å². The number of hydrogen-bond donors (Lipinski definition) is 2. The highest BCUT2D eigenvalue weighted by Gasteiger charge is 2.61. The third kappa shape index (κ3) is 11.2. The number of aryl methyl sites for hydroxylation is 1. The first-order valence-corrected chi connectivity index (χ1v) is 28.2. The number of ether oxygens (including phenoxy) is 2. The Kier molecular flexibility index (Phi) is 14.7. The van der Waals surface area contributed by atoms with Crippen LogP contribution in [0.25, 0.3) is 10.8 Å². The average molecular weight is 1000 g/mol. The minimum Gasteiger partial charge on any atom is -0.379 e. The molecule has 12 nitrogen and oxygen atoms in total. The number of amides is 3. The van der Waals surface area contributed by atoms with Gasteiger partial charge in [0.1, 0.15) is 0 Å². The van der Waals surface area contributed by atoms with Gasteiger partial charge in [0.05, 0.1) is 26.4 Å². The lowest BCUT2D eigenvalue weighted by molar-refractivity contribution is -0.154. The maximum atomic E-state index is 13.4. The smallest absolute Gasteiger partial charge is 0.258 e. The Morgan fingerprint density at radius 1 is 0.575 bits per heavy atom. The van der Waals surface area contributed by atoms with Crippen molar-refractivity contribution in [3.05, 3.63) is 70.1 Å². The van der Waals surface area contributed by atoms with Crippen LogP contribution in [-0.2, 0) is 32.0 Å². The van der Waals surface area contributed by atoms with Crippen LogP contribution in [0, 0.1) is 44.3 Å². The molecule has 4 atom stereocenters. The Morgan fingerprint density at radius 2 is 1.07 bits per heavy atom. The molecule has 398 valence electrons. The number of fused-ring (bicyclic) bond motifs is 2. The fourth-order valence-electron chi connectivity index (χ4n) is 18.9. The van der Waals surface area contributed by atoms with Crippen LogP contribution >= 0.6 is 0 Å². The summed E-state index contributed by atoms with van der Waals surface area (Å²) in [6.45, 7) is 21.2. The number of pyridine rings is 1. The SMILES string of the molecule is C.CC12CC3CC(C)(C1)CC(CC(=O)Nc1cccc4c(=O)n(CCCN5CCOCC5)ccc14)(C3)C2.CC12CC3CC(C)(C1)CC(CC(=O)Nc1cccc4c1CCN(CCCN1CCOCC1)C4=O)(C3)C2. The van der Waals surface area contributed by atoms with Crippen molar-refractivity contribution in [2.75, 3.05) is 89.4 Å². The zero-order valence-corrected chi connectivity index (χ0v) is 44.2. The van der Waals surface area contributed by atoms with Crippen LogP contribution in [0.1, 0.15) is 154 Å². The van der Waals surface area contributed by atoms with E-state index in [0.717, 1.165) is 138 Å². The molecule has 2 aromatic carbocycles. The number of nitrogens with one attached hydrogen (secondary N) is 2. The summed E-state index contributed by atoms with van der Waals surface area (Å²) in [6, 6.07) is 13.6. The van der Waals surface area contributed by atoms with Gasteiger partial charge in [-0.2, -0.15) is 0 Å². The predicted octanol–water partition coefficient (Wildman–Crippen LogP) is 10.4. The molecule has 12 heteroatoms. The third-order valence-electron chi connectivity index (χ3n) is 19.4. The predicted molar refractivity (Wildman–Crippen MR) is 291 cm³/mol. The van der Waals surface area contributed by atoms with Gasteiger partial charge >= 0.3 is 0 Å². The maximum absolute atomic E-state index is 13.4. The quantitative estimate of drug-likeness (QED) is 0.164. The number of rotatable bonds is 14. The number of anilines is 2. The molecule has 14 rings (SSSR count). The lowest BCUT2D eigenvalue weighted by atomic mass is 9.40. The summed E-state index contributed by atoms with van der Waals surface area (Å²) in [5, 5.41) is 7.99. The summed E-state index contributed by atoms with van der Waals surface area (Å²) in [5.74, 6) is 1.92. The fourth-order valence-corrected chi connectivity index (χ4v) is 18.9. The highest BCUT2D eigenvalue weighted by Crippen LogP contribution is 2.71. The van der Waals surface area contributed by atoms with Crippen molar-refractivity contribution in [3.63, 3.8) is 0 Å². The van der Waals surface area contributed by atoms with E-state index in [0.29, 0.717) is 46.4 Å². The monoisotopic (exact) mass is 1000 g/mol. The second-order valence-corrected chi connectivity index (χ2v) is 26.8. The highest BCUT2D eigenvalue weighted by molar-refractivity contribution is 6.02. The summed E-state index contributed by atoms with van der Waals surface area (Å²) < 4.78 is 12.7. The molecule has 0 radical (unpaired) electrons. The number of carbonyl (C=O) groups is 3. The summed E-state index contributed by atoms with van der Waals surface area (Å²) >= 11 is 0. The number of carbonyl (C=O) groups excluding carboxylic acids is 3. The van der Waals surface area contributed by atoms with Gasteiger partial charge in [-0.1, -0.05) is 47.3 Å². The second kappa shape index (κ2) is 20.5. The number of hydrogen-bond acceptors (Lipinski definition) is 8. The topological polar surface area (TPSA) is 125 Å². The van der Waals surface area contributed by atoms with Gasteiger partial charge in [-0.15, -0.1) is 0 Å². The van der Waals surface area contributed by atoms with Gasteiger partial charge in [-0.25, -0.2) is 0 Å². The van der Waals surface area contributed by atoms with Gasteiger partial charge in [-0.3, -0.25) is 29.0 Å². The first kappa shape index (κ1) is 52.3. The molecule has 1 aromatic heterocycles. The molecule has 10 fully saturated rings. The van der Waals surface area contributed by atoms with E-state index in [-0.39, 0.29) is 41.5 Å². The number of benzene rings is 2. The Hall–Kier alpha value is -4.10. The molecule has 11 aliphatic rings. The number of morpholine rings is 2. The van der Waals surface area contributed by atoms with Gasteiger partial charge in [0.2, 0.25) is 11.8 Å². The molecule has 8 bridgehead atoms. The molecule has 3 aromatic rings. The maximum Gasteiger partial charge on any atom is 0.258 e. The molecular formula is C61H88N6O6. The van der Waals surface area contributed by atoms with Crippen LogP contribution in [0.4, 0.5) is 11.4 Å². The van der Waals surface area contributed by atoms with Gasteiger partial charge in [0.25, 0.3) is 11.5 Å². The Balaban J connectivity index is 0.000000165. The molecule has 0 spiro atoms. The first-order chi connectivity index (χ1) is 34.5. The Labute approximate surface area is 436 Å². The van der Waals surface area contributed by atoms with Crippen molar-refractivity contribution in [2.45, 2.75) is 151 Å². The van der Waals surface area contributed by atoms with Crippen LogP contribution in [0.2, 0.25) is 0 Å². The lowest BCUT2D eigenvalue weighted by Gasteiger charge is -2.65. The Bertz CT molecular complexity index is 2560. The second-order valence-electron chi connectivity index (χ2n) is 26.8. The first-order valence-electron chi connectivity index (χ1n) is 28.2. The van der Waals surface area contributed by atoms with Gasteiger partial charge in [0.15, 0.2) is 0 Å². The van der Waals surface area contributed by atoms with Crippen molar-refractivity contribution in [3.8, 4) is 0 Å². The van der Waals surface area contributed by atoms with E-state index in [1.54, 1.807) is 0 Å². The summed E-state index contributed by atoms with van der Waals surface area (Å²) in [7, 11) is 0. The zero-order chi connectivity index (χ0) is 49.9. The number of aromatic nitrogens is 1. The van der Waals surface area contributed by atoms with E-state index in [9.17, 15) is 19.2 Å². The molecule has 73 heavy (non-hydrogen) atoms. The van der Waals surface area contributed by atoms with E-state index in [1.165, 1.54) is 77.0 Å². The summed E-state index contributed by atoms with van der Waals surface area (Å²) in [4.78, 5) is 60.1. The molecule has 8 saturated carbocycles. The van der Waals surface area contributed by atoms with Crippen molar-refractivity contribution < 1.29 is 23.9 Å². The standard InChI is InChI=1S/C30H43N3O3.C30H41N3O3.CH4/c2*1-28-15-22-16-29(2,19-28)21-30(17-22,20-28)18-26(34)31-25-6-3-5-24-23(25)7-10-33(27(24)35)9-4-8-32-11-13-36-14-12-32;/h3,5-6,22H,4,7-21H2,1-2H3,(H,31,34);3,5-7,10,22H,4,8-9,11-21H2,1-2H3,(H,31,34);1H4. The van der Waals surface area contributed by atoms with Crippen LogP contribution in [0.5, 0.6) is 0 Å². The van der Waals surface area contributed by atoms with Crippen molar-refractivity contribution in [1.82, 2.24) is 19.3 Å². The largest absolute Gasteiger partial charge is 0.379 e. The van der Waals surface area contributed by atoms with Gasteiger partial charge in [0, 0.05) is 106 Å². The molecule has 3 amide bonds. The van der Waals surface area contributed by atoms with Gasteiger partial charge in [-0.05, 0) is 177 Å². The van der Waals surface area contributed by atoms with E-state index < -0.39 is 0 Å². The lowest BCUT2D eigenvalue weighted by Crippen LogP contribution is -2.55.